The molecule has 0 aliphatic heterocycles. The Kier molecular flexibility index (Phi) is 6.95. The topological polar surface area (TPSA) is 96.7 Å². The van der Waals surface area contributed by atoms with Gasteiger partial charge in [0.1, 0.15) is 0 Å². The molecule has 0 spiro atoms. The van der Waals surface area contributed by atoms with Crippen LogP contribution in [0.4, 0.5) is 10.5 Å². The van der Waals surface area contributed by atoms with Crippen LogP contribution in [0.3, 0.4) is 0 Å². The van der Waals surface area contributed by atoms with Gasteiger partial charge in [-0.15, -0.1) is 0 Å². The SMILES string of the molecule is COCCN(C)Cc1ccc([SH](N)(=O)NC(=O)Nc2c3c(cc4c2CCC4)CCC3)cc1. The lowest BCUT2D eigenvalue weighted by Crippen LogP contribution is -2.45. The number of aryl methyl sites for hydroxylation is 2. The molecule has 2 amide bonds. The number of hydrogen-bond donors (Lipinski definition) is 4. The summed E-state index contributed by atoms with van der Waals surface area (Å²) in [6, 6.07) is 9.07. The second-order valence-corrected chi connectivity index (χ2v) is 10.9. The van der Waals surface area contributed by atoms with Crippen LogP contribution >= 0.6 is 0 Å². The average molecular weight is 459 g/mol. The van der Waals surface area contributed by atoms with Crippen molar-refractivity contribution in [2.24, 2.45) is 5.14 Å². The summed E-state index contributed by atoms with van der Waals surface area (Å²) in [4.78, 5) is 15.4. The zero-order chi connectivity index (χ0) is 22.7. The number of ether oxygens (including phenoxy) is 1. The fraction of sp³-hybridized carbons (Fsp3) is 0.458. The molecule has 7 nitrogen and oxygen atoms in total. The Morgan fingerprint density at radius 3 is 2.31 bits per heavy atom. The first-order valence-electron chi connectivity index (χ1n) is 11.3. The van der Waals surface area contributed by atoms with Crippen molar-refractivity contribution in [1.82, 2.24) is 9.62 Å². The smallest absolute Gasteiger partial charge is 0.330 e. The molecular weight excluding hydrogens is 424 g/mol. The lowest BCUT2D eigenvalue weighted by Gasteiger charge is -2.23. The van der Waals surface area contributed by atoms with Gasteiger partial charge in [-0.05, 0) is 85.5 Å². The molecule has 0 radical (unpaired) electrons. The van der Waals surface area contributed by atoms with E-state index < -0.39 is 16.3 Å². The highest BCUT2D eigenvalue weighted by Crippen LogP contribution is 2.38. The van der Waals surface area contributed by atoms with Gasteiger partial charge in [-0.3, -0.25) is 14.8 Å². The van der Waals surface area contributed by atoms with Crippen molar-refractivity contribution in [1.29, 1.82) is 0 Å². The highest BCUT2D eigenvalue weighted by molar-refractivity contribution is 7.99. The molecule has 0 fully saturated rings. The van der Waals surface area contributed by atoms with Gasteiger partial charge in [0.2, 0.25) is 0 Å². The molecule has 2 aliphatic carbocycles. The maximum absolute atomic E-state index is 13.1. The third kappa shape index (κ3) is 5.04. The van der Waals surface area contributed by atoms with Crippen LogP contribution in [0.25, 0.3) is 0 Å². The maximum Gasteiger partial charge on any atom is 0.330 e. The van der Waals surface area contributed by atoms with E-state index in [2.05, 4.69) is 21.0 Å². The molecule has 32 heavy (non-hydrogen) atoms. The van der Waals surface area contributed by atoms with Crippen LogP contribution in [0.1, 0.15) is 40.7 Å². The Morgan fingerprint density at radius 1 is 1.09 bits per heavy atom. The van der Waals surface area contributed by atoms with Crippen molar-refractivity contribution in [3.05, 3.63) is 58.1 Å². The second-order valence-electron chi connectivity index (χ2n) is 8.85. The van der Waals surface area contributed by atoms with Gasteiger partial charge in [0.25, 0.3) is 0 Å². The molecule has 4 N–H and O–H groups in total. The molecule has 0 aromatic heterocycles. The average Bonchev–Trinajstić information content (AvgIpc) is 3.41. The number of nitrogens with one attached hydrogen (secondary N) is 2. The van der Waals surface area contributed by atoms with Crippen LogP contribution in [0.15, 0.2) is 35.2 Å². The number of nitrogens with zero attached hydrogens (tertiary/aromatic N) is 1. The summed E-state index contributed by atoms with van der Waals surface area (Å²) >= 11 is 0. The molecule has 0 atom stereocenters. The normalized spacial score (nSPS) is 15.5. The minimum Gasteiger partial charge on any atom is -0.383 e. The monoisotopic (exact) mass is 458 g/mol. The summed E-state index contributed by atoms with van der Waals surface area (Å²) in [6.45, 7) is 2.23. The van der Waals surface area contributed by atoms with Crippen LogP contribution in [0.2, 0.25) is 0 Å². The molecule has 0 unspecified atom stereocenters. The minimum atomic E-state index is -3.54. The molecule has 0 heterocycles. The quantitative estimate of drug-likeness (QED) is 0.458. The van der Waals surface area contributed by atoms with Crippen LogP contribution in [-0.4, -0.2) is 42.4 Å². The molecule has 2 aromatic carbocycles. The molecule has 174 valence electrons. The fourth-order valence-corrected chi connectivity index (χ4v) is 5.86. The summed E-state index contributed by atoms with van der Waals surface area (Å²) in [5.74, 6) is 0. The predicted octanol–water partition coefficient (Wildman–Crippen LogP) is 2.73. The van der Waals surface area contributed by atoms with Gasteiger partial charge >= 0.3 is 6.03 Å². The van der Waals surface area contributed by atoms with E-state index in [0.717, 1.165) is 62.9 Å². The summed E-state index contributed by atoms with van der Waals surface area (Å²) in [5, 5.41) is 9.10. The van der Waals surface area contributed by atoms with Gasteiger partial charge in [-0.25, -0.2) is 9.00 Å². The number of urea groups is 1. The summed E-state index contributed by atoms with van der Waals surface area (Å²) in [7, 11) is 0.156. The lowest BCUT2D eigenvalue weighted by molar-refractivity contribution is 0.158. The van der Waals surface area contributed by atoms with Crippen LogP contribution in [0, 0.1) is 0 Å². The summed E-state index contributed by atoms with van der Waals surface area (Å²) in [6.07, 6.45) is 6.27. The summed E-state index contributed by atoms with van der Waals surface area (Å²) < 4.78 is 20.8. The number of fused-ring (bicyclic) bond motifs is 2. The van der Waals surface area contributed by atoms with Gasteiger partial charge in [0.05, 0.1) is 6.61 Å². The van der Waals surface area contributed by atoms with Crippen molar-refractivity contribution in [2.75, 3.05) is 32.6 Å². The van der Waals surface area contributed by atoms with E-state index >= 15 is 0 Å². The van der Waals surface area contributed by atoms with Crippen molar-refractivity contribution in [2.45, 2.75) is 50.0 Å². The van der Waals surface area contributed by atoms with Crippen molar-refractivity contribution in [3.8, 4) is 0 Å². The van der Waals surface area contributed by atoms with E-state index in [1.165, 1.54) is 22.3 Å². The molecule has 8 heteroatoms. The number of likely N-dealkylation sites (N-methyl/N-ethyl adjacent to an activating group) is 1. The number of methoxy groups -OCH3 is 1. The number of thiol groups is 1. The predicted molar refractivity (Wildman–Crippen MR) is 129 cm³/mol. The zero-order valence-corrected chi connectivity index (χ0v) is 19.8. The van der Waals surface area contributed by atoms with Crippen molar-refractivity contribution < 1.29 is 13.7 Å². The summed E-state index contributed by atoms with van der Waals surface area (Å²) in [5.41, 5.74) is 7.13. The minimum absolute atomic E-state index is 0.430. The van der Waals surface area contributed by atoms with Gasteiger partial charge in [0.15, 0.2) is 0 Å². The Balaban J connectivity index is 1.43. The van der Waals surface area contributed by atoms with E-state index in [-0.39, 0.29) is 0 Å². The molecule has 2 aromatic rings. The maximum atomic E-state index is 13.1. The number of anilines is 1. The number of carbonyl (C=O) groups excluding carboxylic acids is 1. The molecule has 0 bridgehead atoms. The fourth-order valence-electron chi connectivity index (χ4n) is 4.78. The van der Waals surface area contributed by atoms with Crippen molar-refractivity contribution >= 4 is 22.0 Å². The number of carbonyl (C=O) groups is 1. The molecule has 4 rings (SSSR count). The third-order valence-corrected chi connectivity index (χ3v) is 8.03. The largest absolute Gasteiger partial charge is 0.383 e. The van der Waals surface area contributed by atoms with E-state index in [9.17, 15) is 9.00 Å². The highest BCUT2D eigenvalue weighted by Gasteiger charge is 2.26. The Bertz CT molecular complexity index is 1010. The van der Waals surface area contributed by atoms with Crippen LogP contribution in [-0.2, 0) is 47.3 Å². The van der Waals surface area contributed by atoms with Crippen LogP contribution in [0.5, 0.6) is 0 Å². The first kappa shape index (κ1) is 22.9. The Hall–Kier alpha value is -2.26. The van der Waals surface area contributed by atoms with Gasteiger partial charge in [-0.2, -0.15) is 0 Å². The van der Waals surface area contributed by atoms with E-state index in [4.69, 9.17) is 9.88 Å². The Morgan fingerprint density at radius 2 is 1.72 bits per heavy atom. The number of amides is 2. The molecule has 0 saturated carbocycles. The standard InChI is InChI=1S/C24H34N4O3S/c1-28(13-14-31-2)16-17-9-11-20(12-10-17)32(25,30)27-24(29)26-23-21-7-3-5-18(21)15-19-6-4-8-22(19)23/h9-12,15,32H,3-8,13-14,16H2,1-2H3,(H4,25,26,27,29,30). The molecule has 0 saturated heterocycles. The van der Waals surface area contributed by atoms with Crippen molar-refractivity contribution in [3.63, 3.8) is 0 Å². The lowest BCUT2D eigenvalue weighted by atomic mass is 9.99. The first-order chi connectivity index (χ1) is 15.4. The van der Waals surface area contributed by atoms with E-state index in [1.54, 1.807) is 19.2 Å². The molecule has 2 aliphatic rings. The van der Waals surface area contributed by atoms with Gasteiger partial charge < -0.3 is 10.1 Å². The van der Waals surface area contributed by atoms with Gasteiger partial charge in [-0.1, -0.05) is 18.2 Å². The Labute approximate surface area is 191 Å². The number of nitrogens with two attached hydrogens (primary N) is 1. The van der Waals surface area contributed by atoms with Gasteiger partial charge in [0, 0.05) is 41.1 Å². The second kappa shape index (κ2) is 9.70. The number of benzene rings is 2. The number of hydrogen-bond acceptors (Lipinski definition) is 4. The third-order valence-electron chi connectivity index (χ3n) is 6.43. The van der Waals surface area contributed by atoms with E-state index in [1.807, 2.05) is 19.2 Å². The van der Waals surface area contributed by atoms with E-state index in [0.29, 0.717) is 11.5 Å². The highest BCUT2D eigenvalue weighted by atomic mass is 32.3. The molecular formula is C24H34N4O3S. The zero-order valence-electron chi connectivity index (χ0n) is 18.9. The first-order valence-corrected chi connectivity index (χ1v) is 13.1. The number of rotatable bonds is 8. The van der Waals surface area contributed by atoms with Crippen LogP contribution < -0.4 is 15.2 Å².